The molecule has 1 heterocycles. The summed E-state index contributed by atoms with van der Waals surface area (Å²) in [5.41, 5.74) is -0.909. The van der Waals surface area contributed by atoms with Crippen LogP contribution in [0.25, 0.3) is 0 Å². The van der Waals surface area contributed by atoms with Crippen molar-refractivity contribution in [3.8, 4) is 0 Å². The Bertz CT molecular complexity index is 289. The number of hydrogen-bond acceptors (Lipinski definition) is 2. The highest BCUT2D eigenvalue weighted by molar-refractivity contribution is 5.12. The Morgan fingerprint density at radius 3 is 2.33 bits per heavy atom. The zero-order chi connectivity index (χ0) is 13.4. The molecule has 1 atom stereocenters. The lowest BCUT2D eigenvalue weighted by molar-refractivity contribution is -0.215. The smallest absolute Gasteiger partial charge is 0.0977 e. The van der Waals surface area contributed by atoms with Gasteiger partial charge in [-0.15, -0.1) is 0 Å². The van der Waals surface area contributed by atoms with Gasteiger partial charge in [0, 0.05) is 18.0 Å². The first-order valence-corrected chi connectivity index (χ1v) is 6.84. The Balaban J connectivity index is 2.06. The average Bonchev–Trinajstić information content (AvgIpc) is 2.25. The molecule has 0 amide bonds. The fraction of sp³-hybridized carbons (Fsp3) is 1.00. The van der Waals surface area contributed by atoms with Gasteiger partial charge in [0.1, 0.15) is 0 Å². The maximum absolute atomic E-state index is 13.0. The first kappa shape index (κ1) is 14.2. The fourth-order valence-corrected chi connectivity index (χ4v) is 3.44. The van der Waals surface area contributed by atoms with Crippen LogP contribution in [0.5, 0.6) is 0 Å². The summed E-state index contributed by atoms with van der Waals surface area (Å²) in [6.45, 7) is 6.90. The number of ether oxygens (including phenoxy) is 1. The molecule has 2 aliphatic rings. The van der Waals surface area contributed by atoms with E-state index in [1.54, 1.807) is 0 Å². The van der Waals surface area contributed by atoms with Crippen molar-refractivity contribution in [2.24, 2.45) is 10.8 Å². The second-order valence-corrected chi connectivity index (χ2v) is 7.31. The predicted octanol–water partition coefficient (Wildman–Crippen LogP) is 2.87. The summed E-state index contributed by atoms with van der Waals surface area (Å²) in [6.07, 6.45) is 2.00. The summed E-state index contributed by atoms with van der Waals surface area (Å²) in [4.78, 5) is 0. The van der Waals surface area contributed by atoms with Crippen LogP contribution in [0.2, 0.25) is 0 Å². The molecule has 0 aromatic heterocycles. The Hall–Kier alpha value is -0.220. The largest absolute Gasteiger partial charge is 0.372 e. The summed E-state index contributed by atoms with van der Waals surface area (Å²) >= 11 is 0. The molecule has 106 valence electrons. The van der Waals surface area contributed by atoms with E-state index in [1.807, 2.05) is 0 Å². The minimum Gasteiger partial charge on any atom is -0.372 e. The van der Waals surface area contributed by atoms with E-state index in [-0.39, 0.29) is 17.1 Å². The second-order valence-electron chi connectivity index (χ2n) is 7.31. The van der Waals surface area contributed by atoms with E-state index in [2.05, 4.69) is 26.1 Å². The van der Waals surface area contributed by atoms with Crippen LogP contribution in [0.1, 0.15) is 40.0 Å². The number of nitrogens with one attached hydrogen (secondary N) is 1. The van der Waals surface area contributed by atoms with Gasteiger partial charge in [-0.2, -0.15) is 0 Å². The summed E-state index contributed by atoms with van der Waals surface area (Å²) in [5.74, 6) is 0. The molecule has 0 radical (unpaired) electrons. The molecule has 1 saturated carbocycles. The van der Waals surface area contributed by atoms with Gasteiger partial charge in [-0.1, -0.05) is 20.8 Å². The Labute approximate surface area is 108 Å². The summed E-state index contributed by atoms with van der Waals surface area (Å²) in [5, 5.41) is 3.48. The third-order valence-corrected chi connectivity index (χ3v) is 4.25. The Morgan fingerprint density at radius 2 is 1.83 bits per heavy atom. The third-order valence-electron chi connectivity index (χ3n) is 4.25. The maximum atomic E-state index is 13.0. The molecule has 2 rings (SSSR count). The monoisotopic (exact) mass is 261 g/mol. The standard InChI is InChI=1S/C14H25F2NO/c1-12(2,3)6-11-14(18-5-4-17-11)7-13(8-14,9-15)10-16/h11,17H,4-10H2,1-3H3. The van der Waals surface area contributed by atoms with Gasteiger partial charge in [0.15, 0.2) is 0 Å². The molecule has 1 spiro atoms. The van der Waals surface area contributed by atoms with Crippen molar-refractivity contribution in [3.05, 3.63) is 0 Å². The molecule has 0 bridgehead atoms. The van der Waals surface area contributed by atoms with Crippen molar-refractivity contribution in [1.29, 1.82) is 0 Å². The maximum Gasteiger partial charge on any atom is 0.0977 e. The number of halogens is 2. The van der Waals surface area contributed by atoms with Crippen LogP contribution in [0.15, 0.2) is 0 Å². The van der Waals surface area contributed by atoms with Gasteiger partial charge in [0.05, 0.1) is 25.6 Å². The van der Waals surface area contributed by atoms with E-state index in [4.69, 9.17) is 4.74 Å². The van der Waals surface area contributed by atoms with E-state index < -0.39 is 18.8 Å². The van der Waals surface area contributed by atoms with Crippen molar-refractivity contribution in [3.63, 3.8) is 0 Å². The van der Waals surface area contributed by atoms with E-state index in [0.29, 0.717) is 19.4 Å². The van der Waals surface area contributed by atoms with Crippen molar-refractivity contribution >= 4 is 0 Å². The fourth-order valence-electron chi connectivity index (χ4n) is 3.44. The molecule has 2 nitrogen and oxygen atoms in total. The molecular weight excluding hydrogens is 236 g/mol. The lowest BCUT2D eigenvalue weighted by Crippen LogP contribution is -2.69. The average molecular weight is 261 g/mol. The van der Waals surface area contributed by atoms with Gasteiger partial charge in [-0.25, -0.2) is 0 Å². The highest BCUT2D eigenvalue weighted by atomic mass is 19.1. The number of hydrogen-bond donors (Lipinski definition) is 1. The Morgan fingerprint density at radius 1 is 1.22 bits per heavy atom. The highest BCUT2D eigenvalue weighted by Crippen LogP contribution is 2.55. The second kappa shape index (κ2) is 4.71. The number of rotatable bonds is 3. The summed E-state index contributed by atoms with van der Waals surface area (Å²) in [6, 6.07) is 0.220. The highest BCUT2D eigenvalue weighted by Gasteiger charge is 2.60. The summed E-state index contributed by atoms with van der Waals surface area (Å²) in [7, 11) is 0. The molecule has 18 heavy (non-hydrogen) atoms. The minimum absolute atomic E-state index is 0.190. The molecule has 1 saturated heterocycles. The third kappa shape index (κ3) is 2.55. The van der Waals surface area contributed by atoms with Crippen molar-refractivity contribution in [2.75, 3.05) is 26.5 Å². The molecular formula is C14H25F2NO. The minimum atomic E-state index is -0.769. The van der Waals surface area contributed by atoms with Crippen molar-refractivity contribution < 1.29 is 13.5 Å². The topological polar surface area (TPSA) is 21.3 Å². The summed E-state index contributed by atoms with van der Waals surface area (Å²) < 4.78 is 31.9. The van der Waals surface area contributed by atoms with E-state index in [1.165, 1.54) is 0 Å². The lowest BCUT2D eigenvalue weighted by Gasteiger charge is -2.59. The molecule has 2 fully saturated rings. The van der Waals surface area contributed by atoms with Gasteiger partial charge in [-0.3, -0.25) is 8.78 Å². The van der Waals surface area contributed by atoms with Crippen LogP contribution in [0.3, 0.4) is 0 Å². The van der Waals surface area contributed by atoms with Gasteiger partial charge in [-0.05, 0) is 24.7 Å². The first-order chi connectivity index (χ1) is 8.35. The van der Waals surface area contributed by atoms with Gasteiger partial charge < -0.3 is 10.1 Å². The van der Waals surface area contributed by atoms with Crippen LogP contribution in [0, 0.1) is 10.8 Å². The number of morpholine rings is 1. The van der Waals surface area contributed by atoms with Crippen molar-refractivity contribution in [2.45, 2.75) is 51.7 Å². The van der Waals surface area contributed by atoms with Crippen LogP contribution >= 0.6 is 0 Å². The normalized spacial score (nSPS) is 30.2. The van der Waals surface area contributed by atoms with Crippen LogP contribution in [0.4, 0.5) is 8.78 Å². The van der Waals surface area contributed by atoms with Crippen molar-refractivity contribution in [1.82, 2.24) is 5.32 Å². The van der Waals surface area contributed by atoms with Crippen LogP contribution < -0.4 is 5.32 Å². The zero-order valence-electron chi connectivity index (χ0n) is 11.7. The lowest BCUT2D eigenvalue weighted by atomic mass is 9.56. The zero-order valence-corrected chi connectivity index (χ0v) is 11.7. The SMILES string of the molecule is CC(C)(C)CC1NCCOC12CC(CF)(CF)C2. The molecule has 0 aromatic carbocycles. The van der Waals surface area contributed by atoms with E-state index in [9.17, 15) is 8.78 Å². The quantitative estimate of drug-likeness (QED) is 0.843. The predicted molar refractivity (Wildman–Crippen MR) is 68.2 cm³/mol. The van der Waals surface area contributed by atoms with Gasteiger partial charge in [0.2, 0.25) is 0 Å². The number of alkyl halides is 2. The van der Waals surface area contributed by atoms with Crippen LogP contribution in [-0.4, -0.2) is 38.1 Å². The van der Waals surface area contributed by atoms with E-state index in [0.717, 1.165) is 13.0 Å². The first-order valence-electron chi connectivity index (χ1n) is 6.84. The Kier molecular flexibility index (Phi) is 3.72. The van der Waals surface area contributed by atoms with Crippen LogP contribution in [-0.2, 0) is 4.74 Å². The van der Waals surface area contributed by atoms with E-state index >= 15 is 0 Å². The molecule has 1 aliphatic heterocycles. The van der Waals surface area contributed by atoms with Gasteiger partial charge in [0.25, 0.3) is 0 Å². The molecule has 4 heteroatoms. The van der Waals surface area contributed by atoms with Gasteiger partial charge >= 0.3 is 0 Å². The molecule has 1 N–H and O–H groups in total. The molecule has 1 aliphatic carbocycles. The molecule has 1 unspecified atom stereocenters. The molecule has 0 aromatic rings.